The molecule has 120 valence electrons. The van der Waals surface area contributed by atoms with Gasteiger partial charge in [-0.25, -0.2) is 4.98 Å². The summed E-state index contributed by atoms with van der Waals surface area (Å²) in [7, 11) is 1.65. The van der Waals surface area contributed by atoms with Crippen molar-refractivity contribution in [1.82, 2.24) is 19.9 Å². The van der Waals surface area contributed by atoms with Crippen molar-refractivity contribution in [3.8, 4) is 0 Å². The summed E-state index contributed by atoms with van der Waals surface area (Å²) in [5, 5.41) is 5.60. The van der Waals surface area contributed by atoms with Crippen LogP contribution in [0.4, 0.5) is 11.5 Å². The van der Waals surface area contributed by atoms with Crippen molar-refractivity contribution in [3.05, 3.63) is 46.3 Å². The van der Waals surface area contributed by atoms with Gasteiger partial charge in [0.1, 0.15) is 17.6 Å². The quantitative estimate of drug-likeness (QED) is 0.469. The van der Waals surface area contributed by atoms with E-state index in [4.69, 9.17) is 5.73 Å². The molecule has 0 aromatic carbocycles. The Bertz CT molecular complexity index is 790. The van der Waals surface area contributed by atoms with Crippen LogP contribution in [0.1, 0.15) is 23.9 Å². The average Bonchev–Trinajstić information content (AvgIpc) is 2.99. The SMILES string of the molecule is CNc1cnc2n(c1=O)C(C(=O)NCc1[c-]nc(N)cc1)CC2.[Rb+]. The summed E-state index contributed by atoms with van der Waals surface area (Å²) in [5.41, 5.74) is 6.37. The van der Waals surface area contributed by atoms with E-state index in [0.717, 1.165) is 5.56 Å². The van der Waals surface area contributed by atoms with Crippen LogP contribution in [0.2, 0.25) is 0 Å². The van der Waals surface area contributed by atoms with Crippen LogP contribution in [0.15, 0.2) is 23.1 Å². The minimum Gasteiger partial charge on any atom is -0.435 e. The molecule has 2 aromatic heterocycles. The molecule has 4 N–H and O–H groups in total. The van der Waals surface area contributed by atoms with Gasteiger partial charge in [0.15, 0.2) is 0 Å². The summed E-state index contributed by atoms with van der Waals surface area (Å²) >= 11 is 0. The normalized spacial score (nSPS) is 15.3. The maximum Gasteiger partial charge on any atom is 1.00 e. The first-order valence-corrected chi connectivity index (χ1v) is 7.29. The number of anilines is 2. The second kappa shape index (κ2) is 8.33. The molecular weight excluding hydrogens is 382 g/mol. The molecule has 0 spiro atoms. The first-order valence-electron chi connectivity index (χ1n) is 7.29. The number of aromatic nitrogens is 3. The Morgan fingerprint density at radius 2 is 2.29 bits per heavy atom. The zero-order valence-corrected chi connectivity index (χ0v) is 18.6. The van der Waals surface area contributed by atoms with Crippen molar-refractivity contribution in [2.45, 2.75) is 25.4 Å². The molecule has 0 saturated heterocycles. The van der Waals surface area contributed by atoms with Gasteiger partial charge in [0, 0.05) is 25.8 Å². The minimum absolute atomic E-state index is 0. The van der Waals surface area contributed by atoms with Gasteiger partial charge in [-0.3, -0.25) is 14.2 Å². The van der Waals surface area contributed by atoms with Crippen molar-refractivity contribution < 1.29 is 63.0 Å². The van der Waals surface area contributed by atoms with Crippen molar-refractivity contribution in [1.29, 1.82) is 0 Å². The monoisotopic (exact) mass is 398 g/mol. The topological polar surface area (TPSA) is 115 Å². The van der Waals surface area contributed by atoms with Crippen LogP contribution < -0.4 is 80.1 Å². The Balaban J connectivity index is 0.00000208. The first kappa shape index (κ1) is 19.2. The van der Waals surface area contributed by atoms with E-state index >= 15 is 0 Å². The second-order valence-electron chi connectivity index (χ2n) is 5.29. The summed E-state index contributed by atoms with van der Waals surface area (Å²) in [6.07, 6.45) is 5.42. The van der Waals surface area contributed by atoms with E-state index in [1.54, 1.807) is 19.2 Å². The van der Waals surface area contributed by atoms with Gasteiger partial charge in [0.25, 0.3) is 5.56 Å². The van der Waals surface area contributed by atoms with Crippen LogP contribution >= 0.6 is 0 Å². The number of hydrogen-bond acceptors (Lipinski definition) is 6. The minimum atomic E-state index is -0.542. The molecule has 0 radical (unpaired) electrons. The fourth-order valence-corrected chi connectivity index (χ4v) is 2.62. The third-order valence-electron chi connectivity index (χ3n) is 3.83. The third-order valence-corrected chi connectivity index (χ3v) is 3.83. The van der Waals surface area contributed by atoms with E-state index in [9.17, 15) is 9.59 Å². The number of fused-ring (bicyclic) bond motifs is 1. The molecule has 0 aliphatic carbocycles. The van der Waals surface area contributed by atoms with E-state index in [2.05, 4.69) is 26.8 Å². The van der Waals surface area contributed by atoms with Crippen LogP contribution in [0.3, 0.4) is 0 Å². The number of carbonyl (C=O) groups is 1. The number of amides is 1. The maximum atomic E-state index is 12.4. The number of nitrogens with zero attached hydrogens (tertiary/aromatic N) is 3. The van der Waals surface area contributed by atoms with Crippen LogP contribution in [-0.4, -0.2) is 27.5 Å². The number of nitrogens with two attached hydrogens (primary N) is 1. The van der Waals surface area contributed by atoms with Gasteiger partial charge in [-0.05, 0) is 6.42 Å². The average molecular weight is 399 g/mol. The molecule has 9 heteroatoms. The summed E-state index contributed by atoms with van der Waals surface area (Å²) in [4.78, 5) is 32.9. The first-order chi connectivity index (χ1) is 11.1. The van der Waals surface area contributed by atoms with Gasteiger partial charge in [-0.2, -0.15) is 6.07 Å². The number of hydrogen-bond donors (Lipinski definition) is 3. The molecule has 1 unspecified atom stereocenters. The number of nitrogen functional groups attached to an aromatic ring is 1. The van der Waals surface area contributed by atoms with Crippen molar-refractivity contribution >= 4 is 17.4 Å². The largest absolute Gasteiger partial charge is 1.00 e. The predicted octanol–water partition coefficient (Wildman–Crippen LogP) is -3.13. The zero-order chi connectivity index (χ0) is 16.4. The molecular formula is C15H17N6O2Rb. The summed E-state index contributed by atoms with van der Waals surface area (Å²) in [6, 6.07) is 2.86. The molecule has 1 aliphatic heterocycles. The molecule has 1 aliphatic rings. The number of pyridine rings is 1. The fraction of sp³-hybridized carbons (Fsp3) is 0.333. The maximum absolute atomic E-state index is 12.4. The van der Waals surface area contributed by atoms with E-state index in [1.165, 1.54) is 10.8 Å². The molecule has 1 amide bonds. The van der Waals surface area contributed by atoms with Crippen molar-refractivity contribution in [3.63, 3.8) is 0 Å². The Labute approximate surface area is 188 Å². The fourth-order valence-electron chi connectivity index (χ4n) is 2.62. The Kier molecular flexibility index (Phi) is 6.67. The molecule has 0 saturated carbocycles. The molecule has 3 heterocycles. The van der Waals surface area contributed by atoms with E-state index in [0.29, 0.717) is 30.2 Å². The smallest absolute Gasteiger partial charge is 0.435 e. The van der Waals surface area contributed by atoms with Crippen LogP contribution in [-0.2, 0) is 17.8 Å². The molecule has 0 bridgehead atoms. The molecule has 3 rings (SSSR count). The number of aryl methyl sites for hydroxylation is 1. The second-order valence-corrected chi connectivity index (χ2v) is 5.29. The molecule has 1 atom stereocenters. The van der Waals surface area contributed by atoms with Crippen LogP contribution in [0.25, 0.3) is 0 Å². The number of carbonyl (C=O) groups excluding carboxylic acids is 1. The Morgan fingerprint density at radius 1 is 1.50 bits per heavy atom. The molecule has 2 aromatic rings. The van der Waals surface area contributed by atoms with Gasteiger partial charge < -0.3 is 21.4 Å². The standard InChI is InChI=1S/C15H17N6O2.Rb/c1-17-10-8-19-13-5-3-11(21(13)15(10)23)14(22)20-7-9-2-4-12(16)18-6-9;/h2,4,8,11,17H,3,5,7H2,1H3,(H2,16,18)(H,20,22);/q-1;+1. The Hall–Kier alpha value is -1.09. The van der Waals surface area contributed by atoms with Gasteiger partial charge in [-0.1, -0.05) is 6.20 Å². The van der Waals surface area contributed by atoms with Crippen molar-refractivity contribution in [2.75, 3.05) is 18.1 Å². The van der Waals surface area contributed by atoms with Gasteiger partial charge in [0.2, 0.25) is 5.91 Å². The number of rotatable bonds is 4. The van der Waals surface area contributed by atoms with Gasteiger partial charge >= 0.3 is 58.2 Å². The van der Waals surface area contributed by atoms with Crippen LogP contribution in [0, 0.1) is 6.20 Å². The summed E-state index contributed by atoms with van der Waals surface area (Å²) < 4.78 is 1.46. The van der Waals surface area contributed by atoms with Crippen molar-refractivity contribution in [2.24, 2.45) is 0 Å². The van der Waals surface area contributed by atoms with Crippen LogP contribution in [0.5, 0.6) is 0 Å². The summed E-state index contributed by atoms with van der Waals surface area (Å²) in [6.45, 7) is 0.284. The summed E-state index contributed by atoms with van der Waals surface area (Å²) in [5.74, 6) is 0.794. The van der Waals surface area contributed by atoms with E-state index in [-0.39, 0.29) is 76.2 Å². The van der Waals surface area contributed by atoms with E-state index in [1.807, 2.05) is 0 Å². The molecule has 8 nitrogen and oxygen atoms in total. The predicted molar refractivity (Wildman–Crippen MR) is 84.7 cm³/mol. The zero-order valence-electron chi connectivity index (χ0n) is 13.7. The third kappa shape index (κ3) is 3.93. The molecule has 24 heavy (non-hydrogen) atoms. The number of nitrogens with one attached hydrogen (secondary N) is 2. The van der Waals surface area contributed by atoms with Gasteiger partial charge in [0.05, 0.1) is 6.20 Å². The Morgan fingerprint density at radius 3 is 2.96 bits per heavy atom. The van der Waals surface area contributed by atoms with E-state index < -0.39 is 6.04 Å². The molecule has 0 fully saturated rings. The van der Waals surface area contributed by atoms with Gasteiger partial charge in [-0.15, -0.1) is 11.6 Å².